The van der Waals surface area contributed by atoms with Crippen molar-refractivity contribution in [3.63, 3.8) is 0 Å². The highest BCUT2D eigenvalue weighted by atomic mass is 19.1. The second-order valence-electron chi connectivity index (χ2n) is 8.69. The van der Waals surface area contributed by atoms with Gasteiger partial charge in [0.1, 0.15) is 5.82 Å². The summed E-state index contributed by atoms with van der Waals surface area (Å²) in [5.41, 5.74) is 3.82. The number of benzene rings is 2. The molecule has 0 fully saturated rings. The van der Waals surface area contributed by atoms with Crippen LogP contribution in [0.2, 0.25) is 0 Å². The lowest BCUT2D eigenvalue weighted by atomic mass is 9.69. The maximum atomic E-state index is 14.0. The monoisotopic (exact) mass is 441 g/mol. The Labute approximate surface area is 190 Å². The Morgan fingerprint density at radius 2 is 1.75 bits per heavy atom. The summed E-state index contributed by atoms with van der Waals surface area (Å²) in [6.07, 6.45) is 2.31. The van der Waals surface area contributed by atoms with Gasteiger partial charge < -0.3 is 20.1 Å². The summed E-state index contributed by atoms with van der Waals surface area (Å²) in [5, 5.41) is 30.4. The number of halogens is 1. The van der Waals surface area contributed by atoms with E-state index in [1.54, 1.807) is 24.3 Å². The van der Waals surface area contributed by atoms with Crippen molar-refractivity contribution in [2.24, 2.45) is 0 Å². The summed E-state index contributed by atoms with van der Waals surface area (Å²) < 4.78 is 14.0. The summed E-state index contributed by atoms with van der Waals surface area (Å²) >= 11 is 0. The number of carboxylic acids is 1. The minimum Gasteiger partial charge on any atom is -0.550 e. The third-order valence-corrected chi connectivity index (χ3v) is 6.26. The Bertz CT molecular complexity index is 931. The van der Waals surface area contributed by atoms with E-state index < -0.39 is 24.6 Å². The molecule has 174 valence electrons. The van der Waals surface area contributed by atoms with E-state index in [9.17, 15) is 24.5 Å². The highest BCUT2D eigenvalue weighted by molar-refractivity contribution is 5.64. The first-order valence-electron chi connectivity index (χ1n) is 11.3. The van der Waals surface area contributed by atoms with Crippen molar-refractivity contribution in [2.45, 2.75) is 76.9 Å². The molecule has 0 heterocycles. The number of carboxylic acid groups (broad SMARTS) is 1. The molecule has 0 spiro atoms. The topological polar surface area (TPSA) is 80.6 Å². The van der Waals surface area contributed by atoms with Gasteiger partial charge in [-0.2, -0.15) is 0 Å². The lowest BCUT2D eigenvalue weighted by molar-refractivity contribution is -0.307. The minimum atomic E-state index is -1.35. The van der Waals surface area contributed by atoms with E-state index in [1.807, 2.05) is 12.1 Å². The molecule has 0 aliphatic heterocycles. The zero-order valence-corrected chi connectivity index (χ0v) is 19.3. The molecule has 2 aromatic rings. The van der Waals surface area contributed by atoms with Crippen molar-refractivity contribution in [1.82, 2.24) is 0 Å². The molecule has 0 amide bonds. The highest BCUT2D eigenvalue weighted by Crippen LogP contribution is 2.40. The molecule has 2 N–H and O–H groups in total. The van der Waals surface area contributed by atoms with Crippen LogP contribution in [-0.4, -0.2) is 28.4 Å². The van der Waals surface area contributed by atoms with Gasteiger partial charge in [0.25, 0.3) is 0 Å². The normalized spacial score (nSPS) is 14.1. The van der Waals surface area contributed by atoms with Crippen LogP contribution in [0.15, 0.2) is 48.5 Å². The lowest BCUT2D eigenvalue weighted by Crippen LogP contribution is -2.29. The SMILES string of the molecule is CCC(CC)(c1cccc(F)c1)c1ccc(/C=C/[C@@H](O)C[C@@H](O)CC(=O)[O-])c(C(C)C)c1. The first-order valence-corrected chi connectivity index (χ1v) is 11.3. The fourth-order valence-electron chi connectivity index (χ4n) is 4.39. The summed E-state index contributed by atoms with van der Waals surface area (Å²) in [7, 11) is 0. The first-order chi connectivity index (χ1) is 15.1. The van der Waals surface area contributed by atoms with E-state index in [-0.39, 0.29) is 23.6 Å². The van der Waals surface area contributed by atoms with E-state index in [0.29, 0.717) is 0 Å². The van der Waals surface area contributed by atoms with Gasteiger partial charge in [0.15, 0.2) is 0 Å². The van der Waals surface area contributed by atoms with Crippen LogP contribution in [-0.2, 0) is 10.2 Å². The number of rotatable bonds is 11. The molecular formula is C27H34FO4-. The molecule has 2 rings (SSSR count). The largest absolute Gasteiger partial charge is 0.550 e. The van der Waals surface area contributed by atoms with E-state index in [2.05, 4.69) is 39.8 Å². The Balaban J connectivity index is 2.39. The van der Waals surface area contributed by atoms with Crippen molar-refractivity contribution in [2.75, 3.05) is 0 Å². The third-order valence-electron chi connectivity index (χ3n) is 6.26. The van der Waals surface area contributed by atoms with Crippen molar-refractivity contribution in [3.05, 3.63) is 76.6 Å². The molecule has 32 heavy (non-hydrogen) atoms. The van der Waals surface area contributed by atoms with Gasteiger partial charge >= 0.3 is 0 Å². The molecule has 0 radical (unpaired) electrons. The zero-order chi connectivity index (χ0) is 23.9. The number of aliphatic hydroxyl groups excluding tert-OH is 2. The number of aliphatic hydroxyl groups is 2. The molecular weight excluding hydrogens is 407 g/mol. The Morgan fingerprint density at radius 3 is 2.31 bits per heavy atom. The van der Waals surface area contributed by atoms with Gasteiger partial charge in [-0.1, -0.05) is 70.2 Å². The number of carbonyl (C=O) groups is 1. The van der Waals surface area contributed by atoms with E-state index in [0.717, 1.165) is 35.1 Å². The lowest BCUT2D eigenvalue weighted by Gasteiger charge is -2.34. The maximum absolute atomic E-state index is 14.0. The van der Waals surface area contributed by atoms with Crippen LogP contribution in [0, 0.1) is 5.82 Å². The average molecular weight is 442 g/mol. The summed E-state index contributed by atoms with van der Waals surface area (Å²) in [6, 6.07) is 13.0. The van der Waals surface area contributed by atoms with E-state index in [1.165, 1.54) is 6.07 Å². The Morgan fingerprint density at radius 1 is 1.09 bits per heavy atom. The van der Waals surface area contributed by atoms with Gasteiger partial charge in [-0.25, -0.2) is 4.39 Å². The molecule has 0 aliphatic rings. The second-order valence-corrected chi connectivity index (χ2v) is 8.69. The van der Waals surface area contributed by atoms with Crippen LogP contribution in [0.3, 0.4) is 0 Å². The first kappa shape index (κ1) is 25.8. The molecule has 0 aromatic heterocycles. The van der Waals surface area contributed by atoms with Crippen LogP contribution >= 0.6 is 0 Å². The summed E-state index contributed by atoms with van der Waals surface area (Å²) in [6.45, 7) is 8.42. The second kappa shape index (κ2) is 11.4. The predicted molar refractivity (Wildman–Crippen MR) is 124 cm³/mol. The Kier molecular flexibility index (Phi) is 9.17. The molecule has 2 atom stereocenters. The molecule has 0 unspecified atom stereocenters. The van der Waals surface area contributed by atoms with Gasteiger partial charge in [0.2, 0.25) is 0 Å². The standard InChI is InChI=1S/C27H35FO4/c1-5-27(6-2,20-8-7-9-22(28)14-20)21-12-10-19(25(15-21)18(3)4)11-13-23(29)16-24(30)17-26(31)32/h7-15,18,23-24,29-30H,5-6,16-17H2,1-4H3,(H,31,32)/p-1/b13-11+/t23-,24-/m1/s1. The van der Waals surface area contributed by atoms with Gasteiger partial charge in [0.05, 0.1) is 12.2 Å². The average Bonchev–Trinajstić information content (AvgIpc) is 2.73. The van der Waals surface area contributed by atoms with E-state index >= 15 is 0 Å². The quantitative estimate of drug-likeness (QED) is 0.544. The predicted octanol–water partition coefficient (Wildman–Crippen LogP) is 4.32. The van der Waals surface area contributed by atoms with Gasteiger partial charge in [0, 0.05) is 24.2 Å². The fourth-order valence-corrected chi connectivity index (χ4v) is 4.39. The molecule has 0 saturated heterocycles. The molecule has 5 heteroatoms. The number of hydrogen-bond acceptors (Lipinski definition) is 4. The van der Waals surface area contributed by atoms with Crippen molar-refractivity contribution in [1.29, 1.82) is 0 Å². The van der Waals surface area contributed by atoms with Crippen molar-refractivity contribution >= 4 is 12.0 Å². The van der Waals surface area contributed by atoms with Crippen LogP contribution in [0.25, 0.3) is 6.08 Å². The molecule has 0 saturated carbocycles. The number of hydrogen-bond donors (Lipinski definition) is 2. The number of carbonyl (C=O) groups excluding carboxylic acids is 1. The van der Waals surface area contributed by atoms with Gasteiger partial charge in [-0.15, -0.1) is 0 Å². The zero-order valence-electron chi connectivity index (χ0n) is 19.3. The van der Waals surface area contributed by atoms with E-state index in [4.69, 9.17) is 0 Å². The fraction of sp³-hybridized carbons (Fsp3) is 0.444. The van der Waals surface area contributed by atoms with Crippen molar-refractivity contribution < 1.29 is 24.5 Å². The smallest absolute Gasteiger partial charge is 0.123 e. The van der Waals surface area contributed by atoms with Crippen LogP contribution in [0.4, 0.5) is 4.39 Å². The minimum absolute atomic E-state index is 0.0755. The molecule has 2 aromatic carbocycles. The number of aliphatic carboxylic acids is 1. The van der Waals surface area contributed by atoms with Crippen LogP contribution in [0.1, 0.15) is 81.5 Å². The highest BCUT2D eigenvalue weighted by Gasteiger charge is 2.31. The van der Waals surface area contributed by atoms with Crippen LogP contribution in [0.5, 0.6) is 0 Å². The molecule has 0 bridgehead atoms. The van der Waals surface area contributed by atoms with Gasteiger partial charge in [-0.05, 0) is 53.1 Å². The van der Waals surface area contributed by atoms with Crippen molar-refractivity contribution in [3.8, 4) is 0 Å². The molecule has 4 nitrogen and oxygen atoms in total. The van der Waals surface area contributed by atoms with Crippen LogP contribution < -0.4 is 5.11 Å². The third kappa shape index (κ3) is 6.27. The molecule has 0 aliphatic carbocycles. The Hall–Kier alpha value is -2.50. The maximum Gasteiger partial charge on any atom is 0.123 e. The summed E-state index contributed by atoms with van der Waals surface area (Å²) in [4.78, 5) is 10.6. The van der Waals surface area contributed by atoms with Gasteiger partial charge in [-0.3, -0.25) is 0 Å². The summed E-state index contributed by atoms with van der Waals surface area (Å²) in [5.74, 6) is -1.37.